The van der Waals surface area contributed by atoms with Gasteiger partial charge >= 0.3 is 18.0 Å². The standard InChI is InChI=1S/C30H31NO7/c1-30(2,3)38-27(32)18-36-20-10-8-9-19(15-20)16-26(28(33)34)31-29(35)37-17-25-23-13-6-4-11-21(23)22-12-5-7-14-24(22)25/h4-15,25-26H,16-18H2,1-3H3,(H,31,35)(H,33,34)/t26-/m0/s1. The summed E-state index contributed by atoms with van der Waals surface area (Å²) in [5, 5.41) is 12.2. The predicted octanol–water partition coefficient (Wildman–Crippen LogP) is 4.94. The van der Waals surface area contributed by atoms with Crippen molar-refractivity contribution in [2.24, 2.45) is 0 Å². The van der Waals surface area contributed by atoms with E-state index in [-0.39, 0.29) is 25.6 Å². The number of carboxylic acid groups (broad SMARTS) is 1. The van der Waals surface area contributed by atoms with Crippen LogP contribution in [0.2, 0.25) is 0 Å². The Morgan fingerprint density at radius 3 is 2.16 bits per heavy atom. The van der Waals surface area contributed by atoms with Gasteiger partial charge in [0.25, 0.3) is 0 Å². The van der Waals surface area contributed by atoms with E-state index in [4.69, 9.17) is 14.2 Å². The van der Waals surface area contributed by atoms with Crippen molar-refractivity contribution in [2.45, 2.75) is 44.8 Å². The molecule has 0 spiro atoms. The lowest BCUT2D eigenvalue weighted by Gasteiger charge is -2.19. The molecule has 1 aliphatic rings. The van der Waals surface area contributed by atoms with Gasteiger partial charge in [-0.2, -0.15) is 0 Å². The Kier molecular flexibility index (Phi) is 8.00. The van der Waals surface area contributed by atoms with Crippen LogP contribution in [0.5, 0.6) is 5.75 Å². The molecule has 198 valence electrons. The maximum absolute atomic E-state index is 12.6. The number of rotatable bonds is 9. The lowest BCUT2D eigenvalue weighted by molar-refractivity contribution is -0.157. The van der Waals surface area contributed by atoms with Crippen LogP contribution in [0.1, 0.15) is 43.4 Å². The zero-order valence-corrected chi connectivity index (χ0v) is 21.6. The van der Waals surface area contributed by atoms with Crippen LogP contribution in [0.25, 0.3) is 11.1 Å². The van der Waals surface area contributed by atoms with E-state index in [1.807, 2.05) is 48.5 Å². The average molecular weight is 518 g/mol. The summed E-state index contributed by atoms with van der Waals surface area (Å²) in [6, 6.07) is 21.4. The first-order valence-corrected chi connectivity index (χ1v) is 12.4. The third-order valence-corrected chi connectivity index (χ3v) is 6.05. The molecule has 3 aromatic rings. The van der Waals surface area contributed by atoms with E-state index < -0.39 is 29.7 Å². The van der Waals surface area contributed by atoms with Gasteiger partial charge in [0.05, 0.1) is 0 Å². The number of esters is 1. The van der Waals surface area contributed by atoms with E-state index in [0.717, 1.165) is 22.3 Å². The van der Waals surface area contributed by atoms with Gasteiger partial charge in [0, 0.05) is 12.3 Å². The predicted molar refractivity (Wildman–Crippen MR) is 141 cm³/mol. The Labute approximate surface area is 221 Å². The Morgan fingerprint density at radius 2 is 1.55 bits per heavy atom. The molecule has 0 radical (unpaired) electrons. The number of nitrogens with one attached hydrogen (secondary N) is 1. The molecule has 0 aliphatic heterocycles. The second-order valence-corrected chi connectivity index (χ2v) is 10.1. The number of carbonyl (C=O) groups excluding carboxylic acids is 2. The molecule has 1 amide bonds. The van der Waals surface area contributed by atoms with Gasteiger partial charge in [-0.25, -0.2) is 14.4 Å². The van der Waals surface area contributed by atoms with E-state index in [0.29, 0.717) is 11.3 Å². The quantitative estimate of drug-likeness (QED) is 0.387. The minimum absolute atomic E-state index is 0.00314. The molecule has 38 heavy (non-hydrogen) atoms. The number of aliphatic carboxylic acids is 1. The summed E-state index contributed by atoms with van der Waals surface area (Å²) in [6.45, 7) is 5.10. The summed E-state index contributed by atoms with van der Waals surface area (Å²) in [6.07, 6.45) is -0.806. The Balaban J connectivity index is 1.35. The van der Waals surface area contributed by atoms with E-state index in [2.05, 4.69) is 5.32 Å². The van der Waals surface area contributed by atoms with Crippen molar-refractivity contribution in [3.63, 3.8) is 0 Å². The minimum atomic E-state index is -1.22. The van der Waals surface area contributed by atoms with Gasteiger partial charge in [-0.1, -0.05) is 60.7 Å². The van der Waals surface area contributed by atoms with Gasteiger partial charge in [-0.05, 0) is 60.7 Å². The minimum Gasteiger partial charge on any atom is -0.482 e. The summed E-state index contributed by atoms with van der Waals surface area (Å²) in [5.74, 6) is -1.45. The maximum Gasteiger partial charge on any atom is 0.407 e. The van der Waals surface area contributed by atoms with Crippen LogP contribution in [0.4, 0.5) is 4.79 Å². The van der Waals surface area contributed by atoms with Crippen LogP contribution in [-0.4, -0.2) is 48.0 Å². The van der Waals surface area contributed by atoms with E-state index in [9.17, 15) is 19.5 Å². The topological polar surface area (TPSA) is 111 Å². The third kappa shape index (κ3) is 6.70. The summed E-state index contributed by atoms with van der Waals surface area (Å²) < 4.78 is 16.2. The van der Waals surface area contributed by atoms with Crippen LogP contribution in [-0.2, 0) is 25.5 Å². The number of carboxylic acids is 1. The van der Waals surface area contributed by atoms with Gasteiger partial charge in [0.15, 0.2) is 6.61 Å². The second-order valence-electron chi connectivity index (χ2n) is 10.1. The van der Waals surface area contributed by atoms with Crippen LogP contribution in [0.3, 0.4) is 0 Å². The number of fused-ring (bicyclic) bond motifs is 3. The largest absolute Gasteiger partial charge is 0.482 e. The molecule has 0 saturated carbocycles. The monoisotopic (exact) mass is 517 g/mol. The molecule has 3 aromatic carbocycles. The normalized spacial score (nSPS) is 13.1. The van der Waals surface area contributed by atoms with Gasteiger partial charge in [-0.15, -0.1) is 0 Å². The summed E-state index contributed by atoms with van der Waals surface area (Å²) in [5.41, 5.74) is 4.34. The van der Waals surface area contributed by atoms with E-state index in [1.165, 1.54) is 0 Å². The third-order valence-electron chi connectivity index (χ3n) is 6.05. The highest BCUT2D eigenvalue weighted by Crippen LogP contribution is 2.44. The maximum atomic E-state index is 12.6. The summed E-state index contributed by atoms with van der Waals surface area (Å²) in [7, 11) is 0. The van der Waals surface area contributed by atoms with Crippen LogP contribution in [0, 0.1) is 0 Å². The highest BCUT2D eigenvalue weighted by molar-refractivity contribution is 5.81. The van der Waals surface area contributed by atoms with E-state index in [1.54, 1.807) is 45.0 Å². The molecule has 8 heteroatoms. The molecule has 0 saturated heterocycles. The van der Waals surface area contributed by atoms with Crippen molar-refractivity contribution >= 4 is 18.0 Å². The first kappa shape index (κ1) is 26.7. The Morgan fingerprint density at radius 1 is 0.921 bits per heavy atom. The molecule has 0 fully saturated rings. The molecule has 0 unspecified atom stereocenters. The number of carbonyl (C=O) groups is 3. The molecular formula is C30H31NO7. The van der Waals surface area contributed by atoms with Crippen LogP contribution in [0.15, 0.2) is 72.8 Å². The number of ether oxygens (including phenoxy) is 3. The number of hydrogen-bond acceptors (Lipinski definition) is 6. The van der Waals surface area contributed by atoms with Gasteiger partial charge in [0.2, 0.25) is 0 Å². The van der Waals surface area contributed by atoms with Crippen molar-refractivity contribution in [3.05, 3.63) is 89.5 Å². The molecule has 1 atom stereocenters. The second kappa shape index (κ2) is 11.4. The fourth-order valence-electron chi connectivity index (χ4n) is 4.49. The summed E-state index contributed by atoms with van der Waals surface area (Å²) in [4.78, 5) is 36.4. The SMILES string of the molecule is CC(C)(C)OC(=O)COc1cccc(C[C@H](NC(=O)OCC2c3ccccc3-c3ccccc32)C(=O)O)c1. The zero-order valence-electron chi connectivity index (χ0n) is 21.6. The Bertz CT molecular complexity index is 1280. The van der Waals surface area contributed by atoms with Crippen LogP contribution < -0.4 is 10.1 Å². The molecular weight excluding hydrogens is 486 g/mol. The molecule has 0 bridgehead atoms. The highest BCUT2D eigenvalue weighted by Gasteiger charge is 2.30. The molecule has 0 aromatic heterocycles. The van der Waals surface area contributed by atoms with Crippen molar-refractivity contribution in [2.75, 3.05) is 13.2 Å². The fourth-order valence-corrected chi connectivity index (χ4v) is 4.49. The molecule has 4 rings (SSSR count). The molecule has 8 nitrogen and oxygen atoms in total. The van der Waals surface area contributed by atoms with E-state index >= 15 is 0 Å². The summed E-state index contributed by atoms with van der Waals surface area (Å²) >= 11 is 0. The first-order chi connectivity index (χ1) is 18.1. The van der Waals surface area contributed by atoms with Gasteiger partial charge in [0.1, 0.15) is 24.0 Å². The highest BCUT2D eigenvalue weighted by atomic mass is 16.6. The number of benzene rings is 3. The van der Waals surface area contributed by atoms with Crippen LogP contribution >= 0.6 is 0 Å². The molecule has 0 heterocycles. The number of hydrogen-bond donors (Lipinski definition) is 2. The van der Waals surface area contributed by atoms with Crippen molar-refractivity contribution in [1.82, 2.24) is 5.32 Å². The molecule has 2 N–H and O–H groups in total. The Hall–Kier alpha value is -4.33. The zero-order chi connectivity index (χ0) is 27.3. The lowest BCUT2D eigenvalue weighted by atomic mass is 9.98. The first-order valence-electron chi connectivity index (χ1n) is 12.4. The smallest absolute Gasteiger partial charge is 0.407 e. The van der Waals surface area contributed by atoms with Gasteiger partial charge in [-0.3, -0.25) is 0 Å². The number of amides is 1. The fraction of sp³-hybridized carbons (Fsp3) is 0.300. The average Bonchev–Trinajstić information content (AvgIpc) is 3.19. The lowest BCUT2D eigenvalue weighted by Crippen LogP contribution is -2.42. The van der Waals surface area contributed by atoms with Crippen molar-refractivity contribution < 1.29 is 33.7 Å². The van der Waals surface area contributed by atoms with Crippen molar-refractivity contribution in [1.29, 1.82) is 0 Å². The number of alkyl carbamates (subject to hydrolysis) is 1. The van der Waals surface area contributed by atoms with Gasteiger partial charge < -0.3 is 24.6 Å². The van der Waals surface area contributed by atoms with Crippen molar-refractivity contribution in [3.8, 4) is 16.9 Å². The molecule has 1 aliphatic carbocycles.